The van der Waals surface area contributed by atoms with E-state index in [2.05, 4.69) is 34.5 Å². The summed E-state index contributed by atoms with van der Waals surface area (Å²) in [6, 6.07) is 0. The second-order valence-corrected chi connectivity index (χ2v) is 4.63. The third-order valence-corrected chi connectivity index (χ3v) is 3.16. The minimum atomic E-state index is 0. The zero-order chi connectivity index (χ0) is 11.8. The van der Waals surface area contributed by atoms with Crippen LogP contribution in [0.1, 0.15) is 26.2 Å². The number of halogens is 1. The summed E-state index contributed by atoms with van der Waals surface area (Å²) in [5.74, 6) is 1.75. The number of guanidine groups is 1. The van der Waals surface area contributed by atoms with Crippen molar-refractivity contribution in [1.29, 1.82) is 0 Å². The van der Waals surface area contributed by atoms with Gasteiger partial charge in [0, 0.05) is 20.1 Å². The Kier molecular flexibility index (Phi) is 9.91. The Morgan fingerprint density at radius 2 is 1.94 bits per heavy atom. The first kappa shape index (κ1) is 17.0. The summed E-state index contributed by atoms with van der Waals surface area (Å²) >= 11 is 0. The highest BCUT2D eigenvalue weighted by atomic mass is 127. The Morgan fingerprint density at radius 1 is 1.29 bits per heavy atom. The van der Waals surface area contributed by atoms with Gasteiger partial charge in [-0.25, -0.2) is 0 Å². The van der Waals surface area contributed by atoms with Crippen LogP contribution in [0.5, 0.6) is 0 Å². The molecule has 1 saturated heterocycles. The summed E-state index contributed by atoms with van der Waals surface area (Å²) in [5, 5.41) is 6.71. The first-order chi connectivity index (χ1) is 7.76. The topological polar surface area (TPSA) is 39.7 Å². The maximum Gasteiger partial charge on any atom is 0.190 e. The molecule has 5 heteroatoms. The fourth-order valence-electron chi connectivity index (χ4n) is 1.97. The van der Waals surface area contributed by atoms with E-state index in [9.17, 15) is 0 Å². The number of nitrogens with one attached hydrogen (secondary N) is 2. The van der Waals surface area contributed by atoms with E-state index in [0.29, 0.717) is 0 Å². The Hall–Kier alpha value is -0.0400. The van der Waals surface area contributed by atoms with E-state index in [1.54, 1.807) is 0 Å². The number of aliphatic imine (C=N–C) groups is 1. The van der Waals surface area contributed by atoms with Crippen molar-refractivity contribution in [2.75, 3.05) is 40.3 Å². The highest BCUT2D eigenvalue weighted by molar-refractivity contribution is 14.0. The predicted molar refractivity (Wildman–Crippen MR) is 85.3 cm³/mol. The summed E-state index contributed by atoms with van der Waals surface area (Å²) < 4.78 is 0. The normalized spacial score (nSPS) is 18.6. The van der Waals surface area contributed by atoms with Gasteiger partial charge >= 0.3 is 0 Å². The molecule has 4 nitrogen and oxygen atoms in total. The molecule has 1 rings (SSSR count). The molecule has 0 bridgehead atoms. The number of hydrogen-bond donors (Lipinski definition) is 2. The number of nitrogens with zero attached hydrogens (tertiary/aromatic N) is 2. The zero-order valence-electron chi connectivity index (χ0n) is 11.3. The van der Waals surface area contributed by atoms with Gasteiger partial charge < -0.3 is 15.5 Å². The van der Waals surface area contributed by atoms with Crippen LogP contribution < -0.4 is 10.6 Å². The van der Waals surface area contributed by atoms with Crippen LogP contribution in [-0.2, 0) is 0 Å². The van der Waals surface area contributed by atoms with E-state index in [1.165, 1.54) is 25.9 Å². The van der Waals surface area contributed by atoms with Gasteiger partial charge in [-0.1, -0.05) is 6.92 Å². The maximum atomic E-state index is 4.21. The minimum Gasteiger partial charge on any atom is -0.356 e. The van der Waals surface area contributed by atoms with E-state index in [4.69, 9.17) is 0 Å². The molecule has 0 aromatic carbocycles. The van der Waals surface area contributed by atoms with Crippen LogP contribution in [0, 0.1) is 5.92 Å². The van der Waals surface area contributed by atoms with Crippen molar-refractivity contribution < 1.29 is 0 Å². The first-order valence-electron chi connectivity index (χ1n) is 6.39. The third kappa shape index (κ3) is 7.08. The van der Waals surface area contributed by atoms with Gasteiger partial charge in [-0.15, -0.1) is 24.0 Å². The van der Waals surface area contributed by atoms with Gasteiger partial charge in [0.05, 0.1) is 0 Å². The van der Waals surface area contributed by atoms with Crippen LogP contribution in [0.2, 0.25) is 0 Å². The molecule has 1 heterocycles. The average Bonchev–Trinajstić information content (AvgIpc) is 2.32. The van der Waals surface area contributed by atoms with Gasteiger partial charge in [-0.2, -0.15) is 0 Å². The quantitative estimate of drug-likeness (QED) is 0.457. The van der Waals surface area contributed by atoms with E-state index in [0.717, 1.165) is 31.4 Å². The molecule has 0 amide bonds. The van der Waals surface area contributed by atoms with Crippen molar-refractivity contribution in [3.8, 4) is 0 Å². The summed E-state index contributed by atoms with van der Waals surface area (Å²) in [6.45, 7) is 6.67. The van der Waals surface area contributed by atoms with Crippen molar-refractivity contribution in [2.24, 2.45) is 10.9 Å². The van der Waals surface area contributed by atoms with Gasteiger partial charge in [0.2, 0.25) is 0 Å². The van der Waals surface area contributed by atoms with Gasteiger partial charge in [0.15, 0.2) is 5.96 Å². The first-order valence-corrected chi connectivity index (χ1v) is 6.39. The van der Waals surface area contributed by atoms with Crippen molar-refractivity contribution in [3.63, 3.8) is 0 Å². The second-order valence-electron chi connectivity index (χ2n) is 4.63. The van der Waals surface area contributed by atoms with Gasteiger partial charge in [0.1, 0.15) is 0 Å². The molecular formula is C12H27IN4. The predicted octanol–water partition coefficient (Wildman–Crippen LogP) is 1.52. The van der Waals surface area contributed by atoms with E-state index >= 15 is 0 Å². The molecule has 0 radical (unpaired) electrons. The van der Waals surface area contributed by atoms with Gasteiger partial charge in [0.25, 0.3) is 0 Å². The molecule has 0 unspecified atom stereocenters. The standard InChI is InChI=1S/C12H26N4.HI/c1-4-7-14-12(13-2)15-10-11-5-8-16(3)9-6-11;/h11H,4-10H2,1-3H3,(H2,13,14,15);1H. The lowest BCUT2D eigenvalue weighted by Crippen LogP contribution is -2.42. The lowest BCUT2D eigenvalue weighted by Gasteiger charge is -2.29. The van der Waals surface area contributed by atoms with Crippen LogP contribution in [0.3, 0.4) is 0 Å². The SMILES string of the molecule is CCCNC(=NC)NCC1CCN(C)CC1.I. The number of rotatable bonds is 4. The Balaban J connectivity index is 0.00000256. The van der Waals surface area contributed by atoms with Crippen molar-refractivity contribution >= 4 is 29.9 Å². The molecule has 102 valence electrons. The van der Waals surface area contributed by atoms with Crippen LogP contribution in [0.4, 0.5) is 0 Å². The van der Waals surface area contributed by atoms with Crippen LogP contribution >= 0.6 is 24.0 Å². The lowest BCUT2D eigenvalue weighted by atomic mass is 9.97. The molecule has 0 spiro atoms. The van der Waals surface area contributed by atoms with Crippen LogP contribution in [0.25, 0.3) is 0 Å². The Bertz CT molecular complexity index is 213. The van der Waals surface area contributed by atoms with E-state index in [-0.39, 0.29) is 24.0 Å². The van der Waals surface area contributed by atoms with Crippen molar-refractivity contribution in [3.05, 3.63) is 0 Å². The average molecular weight is 354 g/mol. The largest absolute Gasteiger partial charge is 0.356 e. The van der Waals surface area contributed by atoms with Gasteiger partial charge in [-0.05, 0) is 45.3 Å². The fourth-order valence-corrected chi connectivity index (χ4v) is 1.97. The number of hydrogen-bond acceptors (Lipinski definition) is 2. The highest BCUT2D eigenvalue weighted by Gasteiger charge is 2.16. The van der Waals surface area contributed by atoms with Crippen LogP contribution in [0.15, 0.2) is 4.99 Å². The monoisotopic (exact) mass is 354 g/mol. The molecule has 0 atom stereocenters. The van der Waals surface area contributed by atoms with Crippen molar-refractivity contribution in [2.45, 2.75) is 26.2 Å². The Labute approximate surface area is 123 Å². The van der Waals surface area contributed by atoms with Gasteiger partial charge in [-0.3, -0.25) is 4.99 Å². The second kappa shape index (κ2) is 9.94. The maximum absolute atomic E-state index is 4.21. The van der Waals surface area contributed by atoms with Crippen molar-refractivity contribution in [1.82, 2.24) is 15.5 Å². The number of likely N-dealkylation sites (tertiary alicyclic amines) is 1. The summed E-state index contributed by atoms with van der Waals surface area (Å²) in [5.41, 5.74) is 0. The summed E-state index contributed by atoms with van der Waals surface area (Å²) in [7, 11) is 4.03. The molecule has 1 aliphatic rings. The Morgan fingerprint density at radius 3 is 2.47 bits per heavy atom. The minimum absolute atomic E-state index is 0. The highest BCUT2D eigenvalue weighted by Crippen LogP contribution is 2.14. The molecule has 1 fully saturated rings. The summed E-state index contributed by atoms with van der Waals surface area (Å²) in [6.07, 6.45) is 3.73. The van der Waals surface area contributed by atoms with E-state index in [1.807, 2.05) is 7.05 Å². The van der Waals surface area contributed by atoms with Crippen LogP contribution in [-0.4, -0.2) is 51.1 Å². The van der Waals surface area contributed by atoms with E-state index < -0.39 is 0 Å². The lowest BCUT2D eigenvalue weighted by molar-refractivity contribution is 0.220. The molecule has 2 N–H and O–H groups in total. The molecule has 17 heavy (non-hydrogen) atoms. The summed E-state index contributed by atoms with van der Waals surface area (Å²) in [4.78, 5) is 6.61. The fraction of sp³-hybridized carbons (Fsp3) is 0.917. The molecular weight excluding hydrogens is 327 g/mol. The molecule has 0 aliphatic carbocycles. The molecule has 1 aliphatic heterocycles. The molecule has 0 saturated carbocycles. The third-order valence-electron chi connectivity index (χ3n) is 3.16. The molecule has 0 aromatic heterocycles. The smallest absolute Gasteiger partial charge is 0.190 e. The zero-order valence-corrected chi connectivity index (χ0v) is 13.7. The molecule has 0 aromatic rings. The number of piperidine rings is 1.